The summed E-state index contributed by atoms with van der Waals surface area (Å²) in [5, 5.41) is 10.2. The van der Waals surface area contributed by atoms with Gasteiger partial charge in [-0.05, 0) is 32.0 Å². The van der Waals surface area contributed by atoms with Gasteiger partial charge in [0.05, 0.1) is 6.26 Å². The molecule has 0 amide bonds. The first-order chi connectivity index (χ1) is 12.2. The van der Waals surface area contributed by atoms with Crippen molar-refractivity contribution in [2.45, 2.75) is 13.8 Å². The van der Waals surface area contributed by atoms with Crippen LogP contribution in [-0.2, 0) is 0 Å². The molecule has 0 radical (unpaired) electrons. The zero-order valence-corrected chi connectivity index (χ0v) is 13.8. The second-order valence-electron chi connectivity index (χ2n) is 5.63. The summed E-state index contributed by atoms with van der Waals surface area (Å²) in [6, 6.07) is 13.5. The van der Waals surface area contributed by atoms with Crippen LogP contribution in [0.5, 0.6) is 0 Å². The molecule has 124 valence electrons. The van der Waals surface area contributed by atoms with Crippen molar-refractivity contribution >= 4 is 11.9 Å². The van der Waals surface area contributed by atoms with Crippen LogP contribution in [0.1, 0.15) is 11.4 Å². The van der Waals surface area contributed by atoms with Gasteiger partial charge in [-0.2, -0.15) is 4.98 Å². The van der Waals surface area contributed by atoms with Gasteiger partial charge in [-0.1, -0.05) is 24.3 Å². The summed E-state index contributed by atoms with van der Waals surface area (Å²) in [7, 11) is 0. The SMILES string of the molecule is Cc1cc(C)nc(Nc2n[nH]c(-c3ccccc3-c3ccco3)n2)n1. The number of hydrogen-bond donors (Lipinski definition) is 2. The number of rotatable bonds is 4. The molecule has 1 aromatic carbocycles. The number of aromatic nitrogens is 5. The molecule has 3 aromatic heterocycles. The molecule has 7 nitrogen and oxygen atoms in total. The lowest BCUT2D eigenvalue weighted by atomic mass is 10.1. The van der Waals surface area contributed by atoms with Crippen molar-refractivity contribution < 1.29 is 4.42 Å². The molecule has 0 aliphatic rings. The van der Waals surface area contributed by atoms with Crippen LogP contribution >= 0.6 is 0 Å². The maximum atomic E-state index is 5.51. The normalized spacial score (nSPS) is 10.8. The minimum atomic E-state index is 0.411. The summed E-state index contributed by atoms with van der Waals surface area (Å²) < 4.78 is 5.51. The highest BCUT2D eigenvalue weighted by Crippen LogP contribution is 2.30. The Morgan fingerprint density at radius 1 is 0.880 bits per heavy atom. The lowest BCUT2D eigenvalue weighted by Crippen LogP contribution is -2.01. The Labute approximate surface area is 144 Å². The monoisotopic (exact) mass is 332 g/mol. The second kappa shape index (κ2) is 6.20. The van der Waals surface area contributed by atoms with E-state index in [9.17, 15) is 0 Å². The van der Waals surface area contributed by atoms with Gasteiger partial charge >= 0.3 is 0 Å². The molecule has 0 spiro atoms. The van der Waals surface area contributed by atoms with Crippen molar-refractivity contribution in [3.05, 3.63) is 60.1 Å². The number of aryl methyl sites for hydroxylation is 2. The van der Waals surface area contributed by atoms with E-state index in [4.69, 9.17) is 4.42 Å². The summed E-state index contributed by atoms with van der Waals surface area (Å²) >= 11 is 0. The van der Waals surface area contributed by atoms with Crippen molar-refractivity contribution in [1.82, 2.24) is 25.1 Å². The molecule has 0 unspecified atom stereocenters. The van der Waals surface area contributed by atoms with Gasteiger partial charge in [0.15, 0.2) is 5.82 Å². The van der Waals surface area contributed by atoms with E-state index in [-0.39, 0.29) is 0 Å². The molecule has 0 atom stereocenters. The highest BCUT2D eigenvalue weighted by atomic mass is 16.3. The second-order valence-corrected chi connectivity index (χ2v) is 5.63. The molecule has 0 aliphatic heterocycles. The summed E-state index contributed by atoms with van der Waals surface area (Å²) in [6.07, 6.45) is 1.65. The molecule has 3 heterocycles. The molecule has 0 fully saturated rings. The zero-order chi connectivity index (χ0) is 17.2. The molecule has 4 aromatic rings. The van der Waals surface area contributed by atoms with Gasteiger partial charge in [-0.25, -0.2) is 9.97 Å². The lowest BCUT2D eigenvalue weighted by molar-refractivity contribution is 0.582. The summed E-state index contributed by atoms with van der Waals surface area (Å²) in [6.45, 7) is 3.84. The van der Waals surface area contributed by atoms with Gasteiger partial charge in [0.25, 0.3) is 0 Å². The van der Waals surface area contributed by atoms with E-state index in [1.165, 1.54) is 0 Å². The lowest BCUT2D eigenvalue weighted by Gasteiger charge is -2.04. The van der Waals surface area contributed by atoms with Gasteiger partial charge < -0.3 is 4.42 Å². The van der Waals surface area contributed by atoms with Gasteiger partial charge in [0.2, 0.25) is 11.9 Å². The summed E-state index contributed by atoms with van der Waals surface area (Å²) in [5.74, 6) is 2.30. The third kappa shape index (κ3) is 3.12. The maximum absolute atomic E-state index is 5.51. The standard InChI is InChI=1S/C18H16N6O/c1-11-10-12(2)20-17(19-11)22-18-21-16(23-24-18)14-7-4-3-6-13(14)15-8-5-9-25-15/h3-10H,1-2H3,(H2,19,20,21,22,23,24). The van der Waals surface area contributed by atoms with Crippen LogP contribution in [0.25, 0.3) is 22.7 Å². The predicted octanol–water partition coefficient (Wildman–Crippen LogP) is 3.88. The molecule has 2 N–H and O–H groups in total. The number of furan rings is 1. The number of nitrogens with one attached hydrogen (secondary N) is 2. The fraction of sp³-hybridized carbons (Fsp3) is 0.111. The highest BCUT2D eigenvalue weighted by molar-refractivity contribution is 5.78. The first kappa shape index (κ1) is 15.1. The minimum absolute atomic E-state index is 0.411. The predicted molar refractivity (Wildman–Crippen MR) is 94.3 cm³/mol. The van der Waals surface area contributed by atoms with E-state index in [0.29, 0.717) is 17.7 Å². The van der Waals surface area contributed by atoms with E-state index in [0.717, 1.165) is 28.3 Å². The summed E-state index contributed by atoms with van der Waals surface area (Å²) in [5.41, 5.74) is 3.61. The largest absolute Gasteiger partial charge is 0.464 e. The van der Waals surface area contributed by atoms with E-state index in [1.807, 2.05) is 56.3 Å². The van der Waals surface area contributed by atoms with Gasteiger partial charge in [0, 0.05) is 22.5 Å². The topological polar surface area (TPSA) is 92.5 Å². The first-order valence-electron chi connectivity index (χ1n) is 7.84. The Bertz CT molecular complexity index is 986. The van der Waals surface area contributed by atoms with Crippen LogP contribution in [0.3, 0.4) is 0 Å². The molecule has 0 aliphatic carbocycles. The molecule has 0 saturated heterocycles. The molecule has 0 saturated carbocycles. The average Bonchev–Trinajstić information content (AvgIpc) is 3.25. The van der Waals surface area contributed by atoms with Crippen molar-refractivity contribution in [3.8, 4) is 22.7 Å². The van der Waals surface area contributed by atoms with Crippen LogP contribution in [0, 0.1) is 13.8 Å². The van der Waals surface area contributed by atoms with Crippen molar-refractivity contribution in [3.63, 3.8) is 0 Å². The first-order valence-corrected chi connectivity index (χ1v) is 7.84. The van der Waals surface area contributed by atoms with E-state index in [1.54, 1.807) is 6.26 Å². The molecular formula is C18H16N6O. The van der Waals surface area contributed by atoms with Crippen LogP contribution in [0.15, 0.2) is 53.1 Å². The fourth-order valence-electron chi connectivity index (χ4n) is 2.66. The Hall–Kier alpha value is -3.48. The third-order valence-electron chi connectivity index (χ3n) is 3.66. The minimum Gasteiger partial charge on any atom is -0.464 e. The van der Waals surface area contributed by atoms with Crippen molar-refractivity contribution in [2.75, 3.05) is 5.32 Å². The highest BCUT2D eigenvalue weighted by Gasteiger charge is 2.13. The number of hydrogen-bond acceptors (Lipinski definition) is 6. The van der Waals surface area contributed by atoms with E-state index in [2.05, 4.69) is 30.5 Å². The Morgan fingerprint density at radius 3 is 2.36 bits per heavy atom. The average molecular weight is 332 g/mol. The number of aromatic amines is 1. The van der Waals surface area contributed by atoms with Gasteiger partial charge in [0.1, 0.15) is 5.76 Å². The van der Waals surface area contributed by atoms with E-state index >= 15 is 0 Å². The van der Waals surface area contributed by atoms with Crippen LogP contribution in [-0.4, -0.2) is 25.1 Å². The molecule has 7 heteroatoms. The van der Waals surface area contributed by atoms with Crippen LogP contribution in [0.4, 0.5) is 11.9 Å². The number of H-pyrrole nitrogens is 1. The zero-order valence-electron chi connectivity index (χ0n) is 13.8. The number of nitrogens with zero attached hydrogens (tertiary/aromatic N) is 4. The summed E-state index contributed by atoms with van der Waals surface area (Å²) in [4.78, 5) is 13.2. The Morgan fingerprint density at radius 2 is 1.64 bits per heavy atom. The van der Waals surface area contributed by atoms with Gasteiger partial charge in [-0.15, -0.1) is 5.10 Å². The quantitative estimate of drug-likeness (QED) is 0.589. The van der Waals surface area contributed by atoms with Crippen LogP contribution < -0.4 is 5.32 Å². The van der Waals surface area contributed by atoms with Gasteiger partial charge in [-0.3, -0.25) is 10.4 Å². The van der Waals surface area contributed by atoms with Crippen LogP contribution in [0.2, 0.25) is 0 Å². The Kier molecular flexibility index (Phi) is 3.74. The third-order valence-corrected chi connectivity index (χ3v) is 3.66. The number of benzene rings is 1. The van der Waals surface area contributed by atoms with E-state index < -0.39 is 0 Å². The Balaban J connectivity index is 1.66. The maximum Gasteiger partial charge on any atom is 0.249 e. The molecular weight excluding hydrogens is 316 g/mol. The molecule has 0 bridgehead atoms. The fourth-order valence-corrected chi connectivity index (χ4v) is 2.66. The smallest absolute Gasteiger partial charge is 0.249 e. The van der Waals surface area contributed by atoms with Crippen molar-refractivity contribution in [2.24, 2.45) is 0 Å². The molecule has 25 heavy (non-hydrogen) atoms. The van der Waals surface area contributed by atoms with Crippen molar-refractivity contribution in [1.29, 1.82) is 0 Å². The number of anilines is 2. The molecule has 4 rings (SSSR count).